The van der Waals surface area contributed by atoms with Gasteiger partial charge in [-0.25, -0.2) is 18.5 Å². The van der Waals surface area contributed by atoms with E-state index in [2.05, 4.69) is 15.6 Å². The van der Waals surface area contributed by atoms with Crippen LogP contribution in [-0.4, -0.2) is 32.5 Å². The molecule has 0 aliphatic carbocycles. The topological polar surface area (TPSA) is 97.1 Å². The molecule has 1 aliphatic rings. The summed E-state index contributed by atoms with van der Waals surface area (Å²) in [7, 11) is -3.64. The fourth-order valence-electron chi connectivity index (χ4n) is 1.23. The lowest BCUT2D eigenvalue weighted by atomic mass is 10.2. The molecule has 1 aliphatic heterocycles. The molecule has 82 valence electrons. The zero-order chi connectivity index (χ0) is 10.9. The molecule has 1 fully saturated rings. The van der Waals surface area contributed by atoms with Crippen LogP contribution in [0.1, 0.15) is 0 Å². The van der Waals surface area contributed by atoms with Crippen LogP contribution in [0.5, 0.6) is 0 Å². The minimum Gasteiger partial charge on any atom is -0.365 e. The van der Waals surface area contributed by atoms with E-state index in [1.165, 1.54) is 12.3 Å². The van der Waals surface area contributed by atoms with Crippen LogP contribution in [0.3, 0.4) is 0 Å². The van der Waals surface area contributed by atoms with Gasteiger partial charge in [-0.1, -0.05) is 0 Å². The summed E-state index contributed by atoms with van der Waals surface area (Å²) in [6, 6.07) is 3.42. The maximum atomic E-state index is 10.9. The summed E-state index contributed by atoms with van der Waals surface area (Å²) in [6.07, 6.45) is 1.25. The summed E-state index contributed by atoms with van der Waals surface area (Å²) >= 11 is 0. The predicted octanol–water partition coefficient (Wildman–Crippen LogP) is -0.887. The van der Waals surface area contributed by atoms with E-state index < -0.39 is 10.0 Å². The number of nitrogens with two attached hydrogens (primary N) is 1. The number of pyridine rings is 1. The SMILES string of the molecule is NS(=O)(=O)c1ccc(NC2CNC2)nc1. The molecule has 0 bridgehead atoms. The molecule has 0 unspecified atom stereocenters. The molecule has 6 nitrogen and oxygen atoms in total. The minimum absolute atomic E-state index is 0.0276. The quantitative estimate of drug-likeness (QED) is 0.623. The Balaban J connectivity index is 2.09. The maximum Gasteiger partial charge on any atom is 0.239 e. The van der Waals surface area contributed by atoms with Crippen LogP contribution in [0, 0.1) is 0 Å². The van der Waals surface area contributed by atoms with Gasteiger partial charge >= 0.3 is 0 Å². The van der Waals surface area contributed by atoms with E-state index in [4.69, 9.17) is 5.14 Å². The van der Waals surface area contributed by atoms with Crippen LogP contribution in [-0.2, 0) is 10.0 Å². The Bertz CT molecular complexity index is 438. The van der Waals surface area contributed by atoms with Crippen molar-refractivity contribution in [3.8, 4) is 0 Å². The van der Waals surface area contributed by atoms with E-state index in [9.17, 15) is 8.42 Å². The van der Waals surface area contributed by atoms with E-state index in [0.29, 0.717) is 11.9 Å². The Morgan fingerprint density at radius 2 is 2.20 bits per heavy atom. The zero-order valence-corrected chi connectivity index (χ0v) is 8.79. The molecule has 0 saturated carbocycles. The molecular weight excluding hydrogens is 216 g/mol. The second-order valence-electron chi connectivity index (χ2n) is 3.42. The molecule has 15 heavy (non-hydrogen) atoms. The molecule has 1 aromatic rings. The number of primary sulfonamides is 1. The second-order valence-corrected chi connectivity index (χ2v) is 4.99. The number of nitrogens with one attached hydrogen (secondary N) is 2. The fraction of sp³-hybridized carbons (Fsp3) is 0.375. The molecule has 1 aromatic heterocycles. The van der Waals surface area contributed by atoms with Gasteiger partial charge in [0.1, 0.15) is 10.7 Å². The zero-order valence-electron chi connectivity index (χ0n) is 7.97. The lowest BCUT2D eigenvalue weighted by Crippen LogP contribution is -2.51. The van der Waals surface area contributed by atoms with Crippen molar-refractivity contribution in [2.24, 2.45) is 5.14 Å². The number of nitrogens with zero attached hydrogens (tertiary/aromatic N) is 1. The molecule has 1 saturated heterocycles. The Morgan fingerprint density at radius 1 is 1.47 bits per heavy atom. The van der Waals surface area contributed by atoms with Crippen molar-refractivity contribution in [1.29, 1.82) is 0 Å². The molecule has 4 N–H and O–H groups in total. The molecule has 0 aromatic carbocycles. The van der Waals surface area contributed by atoms with E-state index in [1.54, 1.807) is 6.07 Å². The standard InChI is InChI=1S/C8H12N4O2S/c9-15(13,14)7-1-2-8(11-5-7)12-6-3-10-4-6/h1-2,5-6,10H,3-4H2,(H,11,12)(H2,9,13,14). The third kappa shape index (κ3) is 2.44. The van der Waals surface area contributed by atoms with Gasteiger partial charge in [0.05, 0.1) is 6.04 Å². The van der Waals surface area contributed by atoms with E-state index >= 15 is 0 Å². The normalized spacial score (nSPS) is 17.1. The molecule has 0 radical (unpaired) electrons. The Hall–Kier alpha value is -1.18. The number of hydrogen-bond acceptors (Lipinski definition) is 5. The summed E-state index contributed by atoms with van der Waals surface area (Å²) in [5.41, 5.74) is 0. The third-order valence-electron chi connectivity index (χ3n) is 2.20. The Labute approximate surface area is 87.9 Å². The highest BCUT2D eigenvalue weighted by atomic mass is 32.2. The highest BCUT2D eigenvalue weighted by molar-refractivity contribution is 7.89. The van der Waals surface area contributed by atoms with Gasteiger partial charge < -0.3 is 10.6 Å². The minimum atomic E-state index is -3.64. The fourth-order valence-corrected chi connectivity index (χ4v) is 1.69. The summed E-state index contributed by atoms with van der Waals surface area (Å²) < 4.78 is 21.9. The highest BCUT2D eigenvalue weighted by Crippen LogP contribution is 2.10. The largest absolute Gasteiger partial charge is 0.365 e. The van der Waals surface area contributed by atoms with Gasteiger partial charge in [-0.2, -0.15) is 0 Å². The number of rotatable bonds is 3. The first-order valence-corrected chi connectivity index (χ1v) is 6.06. The van der Waals surface area contributed by atoms with Gasteiger partial charge in [-0.3, -0.25) is 0 Å². The molecule has 2 heterocycles. The van der Waals surface area contributed by atoms with Crippen LogP contribution < -0.4 is 15.8 Å². The van der Waals surface area contributed by atoms with Crippen molar-refractivity contribution in [3.63, 3.8) is 0 Å². The maximum absolute atomic E-state index is 10.9. The molecule has 0 spiro atoms. The van der Waals surface area contributed by atoms with E-state index in [-0.39, 0.29) is 4.90 Å². The lowest BCUT2D eigenvalue weighted by Gasteiger charge is -2.28. The van der Waals surface area contributed by atoms with Crippen molar-refractivity contribution >= 4 is 15.8 Å². The van der Waals surface area contributed by atoms with Gasteiger partial charge in [-0.15, -0.1) is 0 Å². The first-order chi connectivity index (χ1) is 7.05. The predicted molar refractivity (Wildman–Crippen MR) is 55.9 cm³/mol. The van der Waals surface area contributed by atoms with Gasteiger partial charge in [-0.05, 0) is 12.1 Å². The van der Waals surface area contributed by atoms with Crippen molar-refractivity contribution in [1.82, 2.24) is 10.3 Å². The second kappa shape index (κ2) is 3.76. The van der Waals surface area contributed by atoms with Crippen molar-refractivity contribution in [2.75, 3.05) is 18.4 Å². The van der Waals surface area contributed by atoms with Crippen LogP contribution in [0.25, 0.3) is 0 Å². The third-order valence-corrected chi connectivity index (χ3v) is 3.10. The number of sulfonamides is 1. The van der Waals surface area contributed by atoms with Crippen molar-refractivity contribution < 1.29 is 8.42 Å². The van der Waals surface area contributed by atoms with Crippen LogP contribution in [0.15, 0.2) is 23.2 Å². The Kier molecular flexibility index (Phi) is 2.59. The number of hydrogen-bond donors (Lipinski definition) is 3. The van der Waals surface area contributed by atoms with Gasteiger partial charge in [0.25, 0.3) is 0 Å². The summed E-state index contributed by atoms with van der Waals surface area (Å²) in [5.74, 6) is 0.661. The van der Waals surface area contributed by atoms with Gasteiger partial charge in [0, 0.05) is 19.3 Å². The molecular formula is C8H12N4O2S. The Morgan fingerprint density at radius 3 is 2.60 bits per heavy atom. The van der Waals surface area contributed by atoms with E-state index in [0.717, 1.165) is 13.1 Å². The van der Waals surface area contributed by atoms with Crippen molar-refractivity contribution in [2.45, 2.75) is 10.9 Å². The van der Waals surface area contributed by atoms with Gasteiger partial charge in [0.2, 0.25) is 10.0 Å². The first-order valence-electron chi connectivity index (χ1n) is 4.52. The van der Waals surface area contributed by atoms with Crippen LogP contribution >= 0.6 is 0 Å². The smallest absolute Gasteiger partial charge is 0.239 e. The molecule has 0 amide bonds. The lowest BCUT2D eigenvalue weighted by molar-refractivity contribution is 0.471. The summed E-state index contributed by atoms with van der Waals surface area (Å²) in [5, 5.41) is 11.2. The summed E-state index contributed by atoms with van der Waals surface area (Å²) in [6.45, 7) is 1.80. The molecule has 2 rings (SSSR count). The van der Waals surface area contributed by atoms with Crippen LogP contribution in [0.4, 0.5) is 5.82 Å². The van der Waals surface area contributed by atoms with Crippen molar-refractivity contribution in [3.05, 3.63) is 18.3 Å². The number of aromatic nitrogens is 1. The molecule has 7 heteroatoms. The summed E-state index contributed by atoms with van der Waals surface area (Å²) in [4.78, 5) is 4.00. The van der Waals surface area contributed by atoms with E-state index in [1.807, 2.05) is 0 Å². The van der Waals surface area contributed by atoms with Gasteiger partial charge in [0.15, 0.2) is 0 Å². The number of anilines is 1. The van der Waals surface area contributed by atoms with Crippen LogP contribution in [0.2, 0.25) is 0 Å². The average Bonchev–Trinajstić information content (AvgIpc) is 2.11. The molecule has 0 atom stereocenters. The average molecular weight is 228 g/mol. The monoisotopic (exact) mass is 228 g/mol. The highest BCUT2D eigenvalue weighted by Gasteiger charge is 2.16. The first kappa shape index (κ1) is 10.3.